The third kappa shape index (κ3) is 3.35. The number of rotatable bonds is 5. The molecule has 0 amide bonds. The fourth-order valence-corrected chi connectivity index (χ4v) is 1.86. The lowest BCUT2D eigenvalue weighted by molar-refractivity contribution is 0.0549. The smallest absolute Gasteiger partial charge is 0.107 e. The van der Waals surface area contributed by atoms with E-state index in [4.69, 9.17) is 4.42 Å². The number of hydrogen-bond acceptors (Lipinski definition) is 3. The second-order valence-electron chi connectivity index (χ2n) is 5.13. The van der Waals surface area contributed by atoms with E-state index in [1.807, 2.05) is 26.8 Å². The van der Waals surface area contributed by atoms with Gasteiger partial charge in [0, 0.05) is 12.1 Å². The van der Waals surface area contributed by atoms with Gasteiger partial charge in [-0.05, 0) is 39.3 Å². The summed E-state index contributed by atoms with van der Waals surface area (Å²) in [5.74, 6) is 2.23. The molecule has 0 bridgehead atoms. The van der Waals surface area contributed by atoms with Crippen LogP contribution in [0.15, 0.2) is 10.5 Å². The average molecular weight is 225 g/mol. The van der Waals surface area contributed by atoms with Gasteiger partial charge < -0.3 is 14.8 Å². The molecule has 1 aromatic heterocycles. The Morgan fingerprint density at radius 2 is 2.06 bits per heavy atom. The van der Waals surface area contributed by atoms with E-state index in [-0.39, 0.29) is 0 Å². The minimum atomic E-state index is -0.864. The van der Waals surface area contributed by atoms with Gasteiger partial charge >= 0.3 is 0 Å². The summed E-state index contributed by atoms with van der Waals surface area (Å²) >= 11 is 0. The molecule has 92 valence electrons. The first-order chi connectivity index (χ1) is 7.33. The van der Waals surface area contributed by atoms with E-state index in [1.54, 1.807) is 0 Å². The molecule has 3 nitrogen and oxygen atoms in total. The summed E-state index contributed by atoms with van der Waals surface area (Å²) < 4.78 is 5.44. The fourth-order valence-electron chi connectivity index (χ4n) is 1.86. The summed E-state index contributed by atoms with van der Waals surface area (Å²) in [4.78, 5) is 0. The second kappa shape index (κ2) is 5.02. The maximum Gasteiger partial charge on any atom is 0.107 e. The van der Waals surface area contributed by atoms with Gasteiger partial charge in [0.1, 0.15) is 17.1 Å². The Labute approximate surface area is 97.9 Å². The Bertz CT molecular complexity index is 340. The first-order valence-corrected chi connectivity index (χ1v) is 5.83. The molecule has 1 unspecified atom stereocenters. The minimum absolute atomic E-state index is 0.547. The van der Waals surface area contributed by atoms with Gasteiger partial charge in [0.05, 0.1) is 0 Å². The van der Waals surface area contributed by atoms with E-state index >= 15 is 0 Å². The number of furan rings is 1. The highest BCUT2D eigenvalue weighted by molar-refractivity contribution is 5.26. The van der Waals surface area contributed by atoms with Crippen LogP contribution in [0.25, 0.3) is 0 Å². The van der Waals surface area contributed by atoms with Crippen molar-refractivity contribution in [2.75, 3.05) is 13.1 Å². The molecule has 0 fully saturated rings. The predicted octanol–water partition coefficient (Wildman–Crippen LogP) is 2.35. The Morgan fingerprint density at radius 1 is 1.44 bits per heavy atom. The van der Waals surface area contributed by atoms with Gasteiger partial charge in [0.2, 0.25) is 0 Å². The minimum Gasteiger partial charge on any atom is -0.466 e. The topological polar surface area (TPSA) is 45.4 Å². The van der Waals surface area contributed by atoms with Crippen molar-refractivity contribution >= 4 is 0 Å². The van der Waals surface area contributed by atoms with Crippen molar-refractivity contribution in [2.45, 2.75) is 40.2 Å². The molecule has 2 N–H and O–H groups in total. The van der Waals surface area contributed by atoms with E-state index in [1.165, 1.54) is 0 Å². The molecule has 0 aliphatic carbocycles. The Kier molecular flexibility index (Phi) is 4.16. The highest BCUT2D eigenvalue weighted by atomic mass is 16.3. The van der Waals surface area contributed by atoms with E-state index in [9.17, 15) is 5.11 Å². The Balaban J connectivity index is 2.66. The van der Waals surface area contributed by atoms with Crippen LogP contribution in [0, 0.1) is 19.8 Å². The molecule has 3 heteroatoms. The highest BCUT2D eigenvalue weighted by Gasteiger charge is 2.27. The lowest BCUT2D eigenvalue weighted by atomic mass is 9.96. The van der Waals surface area contributed by atoms with Crippen molar-refractivity contribution in [1.82, 2.24) is 5.32 Å². The zero-order valence-corrected chi connectivity index (χ0v) is 10.9. The quantitative estimate of drug-likeness (QED) is 0.808. The molecule has 1 heterocycles. The van der Waals surface area contributed by atoms with Crippen LogP contribution in [0.3, 0.4) is 0 Å². The van der Waals surface area contributed by atoms with Crippen LogP contribution in [0.2, 0.25) is 0 Å². The summed E-state index contributed by atoms with van der Waals surface area (Å²) in [7, 11) is 0. The van der Waals surface area contributed by atoms with E-state index in [0.717, 1.165) is 23.6 Å². The average Bonchev–Trinajstić information content (AvgIpc) is 2.44. The summed E-state index contributed by atoms with van der Waals surface area (Å²) in [6.07, 6.45) is 0. The van der Waals surface area contributed by atoms with Gasteiger partial charge in [-0.2, -0.15) is 0 Å². The molecule has 0 radical (unpaired) electrons. The summed E-state index contributed by atoms with van der Waals surface area (Å²) in [5, 5.41) is 13.6. The first kappa shape index (κ1) is 13.3. The van der Waals surface area contributed by atoms with Crippen LogP contribution in [0.5, 0.6) is 0 Å². The van der Waals surface area contributed by atoms with Gasteiger partial charge in [-0.15, -0.1) is 0 Å². The van der Waals surface area contributed by atoms with Gasteiger partial charge in [0.15, 0.2) is 0 Å². The lowest BCUT2D eigenvalue weighted by Gasteiger charge is -2.24. The normalized spacial score (nSPS) is 15.4. The zero-order valence-electron chi connectivity index (χ0n) is 10.9. The fraction of sp³-hybridized carbons (Fsp3) is 0.692. The number of nitrogens with one attached hydrogen (secondary N) is 1. The summed E-state index contributed by atoms with van der Waals surface area (Å²) in [6, 6.07) is 1.91. The maximum atomic E-state index is 10.4. The van der Waals surface area contributed by atoms with Crippen LogP contribution in [0.1, 0.15) is 37.9 Å². The van der Waals surface area contributed by atoms with Gasteiger partial charge in [-0.3, -0.25) is 0 Å². The van der Waals surface area contributed by atoms with Crippen molar-refractivity contribution in [3.8, 4) is 0 Å². The van der Waals surface area contributed by atoms with E-state index in [0.29, 0.717) is 12.5 Å². The molecule has 0 aromatic carbocycles. The molecular weight excluding hydrogens is 202 g/mol. The van der Waals surface area contributed by atoms with Gasteiger partial charge in [-0.1, -0.05) is 13.8 Å². The monoisotopic (exact) mass is 225 g/mol. The van der Waals surface area contributed by atoms with Crippen LogP contribution in [-0.2, 0) is 5.60 Å². The second-order valence-corrected chi connectivity index (χ2v) is 5.13. The number of hydrogen-bond donors (Lipinski definition) is 2. The summed E-state index contributed by atoms with van der Waals surface area (Å²) in [5.41, 5.74) is 0.0118. The molecule has 0 aliphatic heterocycles. The standard InChI is InChI=1S/C13H23NO2/c1-9(2)7-14-8-13(5,15)12-6-10(3)16-11(12)4/h6,9,14-15H,7-8H2,1-5H3. The van der Waals surface area contributed by atoms with Crippen LogP contribution >= 0.6 is 0 Å². The zero-order chi connectivity index (χ0) is 12.3. The third-order valence-electron chi connectivity index (χ3n) is 2.64. The number of aliphatic hydroxyl groups is 1. The van der Waals surface area contributed by atoms with Crippen molar-refractivity contribution < 1.29 is 9.52 Å². The SMILES string of the molecule is Cc1cc(C(C)(O)CNCC(C)C)c(C)o1. The van der Waals surface area contributed by atoms with Gasteiger partial charge in [0.25, 0.3) is 0 Å². The number of aryl methyl sites for hydroxylation is 2. The molecule has 1 aromatic rings. The molecule has 1 rings (SSSR count). The molecule has 0 saturated carbocycles. The molecule has 0 spiro atoms. The first-order valence-electron chi connectivity index (χ1n) is 5.83. The molecule has 1 atom stereocenters. The lowest BCUT2D eigenvalue weighted by Crippen LogP contribution is -2.37. The highest BCUT2D eigenvalue weighted by Crippen LogP contribution is 2.26. The van der Waals surface area contributed by atoms with Crippen molar-refractivity contribution in [3.05, 3.63) is 23.2 Å². The van der Waals surface area contributed by atoms with E-state index < -0.39 is 5.60 Å². The Hall–Kier alpha value is -0.800. The van der Waals surface area contributed by atoms with E-state index in [2.05, 4.69) is 19.2 Å². The van der Waals surface area contributed by atoms with Crippen molar-refractivity contribution in [3.63, 3.8) is 0 Å². The predicted molar refractivity (Wildman–Crippen MR) is 65.5 cm³/mol. The van der Waals surface area contributed by atoms with Crippen molar-refractivity contribution in [1.29, 1.82) is 0 Å². The molecule has 0 aliphatic rings. The molecular formula is C13H23NO2. The van der Waals surface area contributed by atoms with Crippen LogP contribution in [0.4, 0.5) is 0 Å². The molecule has 0 saturated heterocycles. The van der Waals surface area contributed by atoms with Crippen LogP contribution in [-0.4, -0.2) is 18.2 Å². The largest absolute Gasteiger partial charge is 0.466 e. The molecule has 16 heavy (non-hydrogen) atoms. The van der Waals surface area contributed by atoms with Crippen LogP contribution < -0.4 is 5.32 Å². The van der Waals surface area contributed by atoms with Crippen molar-refractivity contribution in [2.24, 2.45) is 5.92 Å². The van der Waals surface area contributed by atoms with Gasteiger partial charge in [-0.25, -0.2) is 0 Å². The summed E-state index contributed by atoms with van der Waals surface area (Å²) in [6.45, 7) is 11.4. The third-order valence-corrected chi connectivity index (χ3v) is 2.64. The Morgan fingerprint density at radius 3 is 2.50 bits per heavy atom. The maximum absolute atomic E-state index is 10.4.